The van der Waals surface area contributed by atoms with E-state index >= 15 is 0 Å². The molecule has 1 amide bonds. The molecule has 1 aromatic heterocycles. The number of rotatable bonds is 5. The lowest BCUT2D eigenvalue weighted by Crippen LogP contribution is -2.25. The lowest BCUT2D eigenvalue weighted by atomic mass is 10.2. The van der Waals surface area contributed by atoms with E-state index in [2.05, 4.69) is 5.32 Å². The van der Waals surface area contributed by atoms with E-state index in [4.69, 9.17) is 16.7 Å². The van der Waals surface area contributed by atoms with E-state index < -0.39 is 0 Å². The quantitative estimate of drug-likeness (QED) is 0.839. The van der Waals surface area contributed by atoms with Crippen molar-refractivity contribution in [1.82, 2.24) is 5.32 Å². The SMILES string of the molecule is CC(NC(=O)CCCO)c1ccc(Cl)s1. The van der Waals surface area contributed by atoms with Crippen molar-refractivity contribution in [2.24, 2.45) is 0 Å². The summed E-state index contributed by atoms with van der Waals surface area (Å²) < 4.78 is 0.724. The number of hydrogen-bond acceptors (Lipinski definition) is 3. The first-order valence-electron chi connectivity index (χ1n) is 4.79. The van der Waals surface area contributed by atoms with Crippen LogP contribution >= 0.6 is 22.9 Å². The molecule has 84 valence electrons. The first-order valence-corrected chi connectivity index (χ1v) is 5.98. The average Bonchev–Trinajstić information content (AvgIpc) is 2.61. The molecule has 0 spiro atoms. The second-order valence-corrected chi connectivity index (χ2v) is 5.00. The van der Waals surface area contributed by atoms with Crippen LogP contribution in [0.15, 0.2) is 12.1 Å². The molecule has 0 fully saturated rings. The van der Waals surface area contributed by atoms with Crippen LogP contribution in [-0.4, -0.2) is 17.6 Å². The van der Waals surface area contributed by atoms with Gasteiger partial charge in [-0.05, 0) is 25.5 Å². The first-order chi connectivity index (χ1) is 7.13. The predicted molar refractivity (Wildman–Crippen MR) is 62.2 cm³/mol. The van der Waals surface area contributed by atoms with Crippen LogP contribution < -0.4 is 5.32 Å². The smallest absolute Gasteiger partial charge is 0.220 e. The number of amides is 1. The topological polar surface area (TPSA) is 49.3 Å². The van der Waals surface area contributed by atoms with Crippen LogP contribution in [0.4, 0.5) is 0 Å². The fourth-order valence-corrected chi connectivity index (χ4v) is 2.25. The Morgan fingerprint density at radius 1 is 1.67 bits per heavy atom. The van der Waals surface area contributed by atoms with Gasteiger partial charge in [-0.15, -0.1) is 11.3 Å². The van der Waals surface area contributed by atoms with Gasteiger partial charge in [0, 0.05) is 17.9 Å². The molecule has 0 saturated heterocycles. The maximum atomic E-state index is 11.3. The fourth-order valence-electron chi connectivity index (χ4n) is 1.19. The highest BCUT2D eigenvalue weighted by molar-refractivity contribution is 7.16. The van der Waals surface area contributed by atoms with Crippen molar-refractivity contribution >= 4 is 28.8 Å². The molecule has 1 atom stereocenters. The van der Waals surface area contributed by atoms with Crippen LogP contribution in [0, 0.1) is 0 Å². The molecule has 1 heterocycles. The molecule has 5 heteroatoms. The minimum absolute atomic E-state index is 0.0197. The maximum absolute atomic E-state index is 11.3. The highest BCUT2D eigenvalue weighted by Crippen LogP contribution is 2.26. The summed E-state index contributed by atoms with van der Waals surface area (Å²) >= 11 is 7.26. The Hall–Kier alpha value is -0.580. The summed E-state index contributed by atoms with van der Waals surface area (Å²) in [5.74, 6) is -0.0407. The van der Waals surface area contributed by atoms with E-state index in [-0.39, 0.29) is 18.6 Å². The Bertz CT molecular complexity index is 327. The molecule has 1 rings (SSSR count). The summed E-state index contributed by atoms with van der Waals surface area (Å²) in [7, 11) is 0. The molecule has 15 heavy (non-hydrogen) atoms. The summed E-state index contributed by atoms with van der Waals surface area (Å²) in [5.41, 5.74) is 0. The first kappa shape index (κ1) is 12.5. The minimum atomic E-state index is -0.0407. The molecule has 0 saturated carbocycles. The zero-order valence-corrected chi connectivity index (χ0v) is 10.1. The lowest BCUT2D eigenvalue weighted by Gasteiger charge is -2.11. The molecule has 2 N–H and O–H groups in total. The third-order valence-corrected chi connectivity index (χ3v) is 3.37. The van der Waals surface area contributed by atoms with Crippen molar-refractivity contribution in [3.63, 3.8) is 0 Å². The van der Waals surface area contributed by atoms with E-state index in [1.54, 1.807) is 0 Å². The Morgan fingerprint density at radius 2 is 2.40 bits per heavy atom. The molecule has 1 unspecified atom stereocenters. The van der Waals surface area contributed by atoms with Crippen molar-refractivity contribution in [3.8, 4) is 0 Å². The van der Waals surface area contributed by atoms with Gasteiger partial charge in [-0.25, -0.2) is 0 Å². The number of nitrogens with one attached hydrogen (secondary N) is 1. The molecular formula is C10H14ClNO2S. The van der Waals surface area contributed by atoms with Crippen LogP contribution in [0.1, 0.15) is 30.7 Å². The maximum Gasteiger partial charge on any atom is 0.220 e. The van der Waals surface area contributed by atoms with Gasteiger partial charge in [0.1, 0.15) is 0 Å². The summed E-state index contributed by atoms with van der Waals surface area (Å²) in [4.78, 5) is 12.4. The third-order valence-electron chi connectivity index (χ3n) is 1.96. The number of thiophene rings is 1. The number of carbonyl (C=O) groups excluding carboxylic acids is 1. The van der Waals surface area contributed by atoms with E-state index in [1.807, 2.05) is 19.1 Å². The summed E-state index contributed by atoms with van der Waals surface area (Å²) in [5, 5.41) is 11.4. The molecule has 0 bridgehead atoms. The zero-order valence-electron chi connectivity index (χ0n) is 8.50. The number of carbonyl (C=O) groups is 1. The zero-order chi connectivity index (χ0) is 11.3. The Balaban J connectivity index is 2.41. The Kier molecular flexibility index (Phi) is 5.08. The van der Waals surface area contributed by atoms with Gasteiger partial charge in [0.15, 0.2) is 0 Å². The van der Waals surface area contributed by atoms with E-state index in [9.17, 15) is 4.79 Å². The van der Waals surface area contributed by atoms with Gasteiger partial charge < -0.3 is 10.4 Å². The van der Waals surface area contributed by atoms with Gasteiger partial charge in [-0.2, -0.15) is 0 Å². The highest BCUT2D eigenvalue weighted by Gasteiger charge is 2.10. The summed E-state index contributed by atoms with van der Waals surface area (Å²) in [6.45, 7) is 1.96. The number of aliphatic hydroxyl groups is 1. The molecule has 0 aliphatic rings. The fraction of sp³-hybridized carbons (Fsp3) is 0.500. The van der Waals surface area contributed by atoms with Gasteiger partial charge >= 0.3 is 0 Å². The van der Waals surface area contributed by atoms with Gasteiger partial charge in [0.05, 0.1) is 10.4 Å². The molecule has 0 aliphatic carbocycles. The van der Waals surface area contributed by atoms with E-state index in [1.165, 1.54) is 11.3 Å². The largest absolute Gasteiger partial charge is 0.396 e. The third kappa shape index (κ3) is 4.20. The van der Waals surface area contributed by atoms with Crippen molar-refractivity contribution in [2.45, 2.75) is 25.8 Å². The Labute approximate surface area is 98.1 Å². The number of hydrogen-bond donors (Lipinski definition) is 2. The molecule has 3 nitrogen and oxygen atoms in total. The van der Waals surface area contributed by atoms with Crippen molar-refractivity contribution < 1.29 is 9.90 Å². The lowest BCUT2D eigenvalue weighted by molar-refractivity contribution is -0.122. The summed E-state index contributed by atoms with van der Waals surface area (Å²) in [6.07, 6.45) is 0.865. The average molecular weight is 248 g/mol. The Morgan fingerprint density at radius 3 is 2.93 bits per heavy atom. The van der Waals surface area contributed by atoms with E-state index in [0.717, 1.165) is 9.21 Å². The van der Waals surface area contributed by atoms with Crippen LogP contribution in [0.3, 0.4) is 0 Å². The van der Waals surface area contributed by atoms with Crippen molar-refractivity contribution in [1.29, 1.82) is 0 Å². The van der Waals surface area contributed by atoms with Crippen LogP contribution in [0.5, 0.6) is 0 Å². The number of halogens is 1. The molecule has 1 aromatic rings. The monoisotopic (exact) mass is 247 g/mol. The molecule has 0 radical (unpaired) electrons. The molecule has 0 aliphatic heterocycles. The summed E-state index contributed by atoms with van der Waals surface area (Å²) in [6, 6.07) is 3.70. The van der Waals surface area contributed by atoms with Gasteiger partial charge in [0.25, 0.3) is 0 Å². The van der Waals surface area contributed by atoms with Gasteiger partial charge in [-0.3, -0.25) is 4.79 Å². The van der Waals surface area contributed by atoms with Gasteiger partial charge in [-0.1, -0.05) is 11.6 Å². The van der Waals surface area contributed by atoms with Crippen molar-refractivity contribution in [3.05, 3.63) is 21.3 Å². The molecule has 0 aromatic carbocycles. The highest BCUT2D eigenvalue weighted by atomic mass is 35.5. The molecular weight excluding hydrogens is 234 g/mol. The van der Waals surface area contributed by atoms with Crippen LogP contribution in [0.2, 0.25) is 4.34 Å². The minimum Gasteiger partial charge on any atom is -0.396 e. The van der Waals surface area contributed by atoms with Gasteiger partial charge in [0.2, 0.25) is 5.91 Å². The van der Waals surface area contributed by atoms with Crippen LogP contribution in [-0.2, 0) is 4.79 Å². The normalized spacial score (nSPS) is 12.5. The van der Waals surface area contributed by atoms with Crippen LogP contribution in [0.25, 0.3) is 0 Å². The predicted octanol–water partition coefficient (Wildman–Crippen LogP) is 2.35. The van der Waals surface area contributed by atoms with E-state index in [0.29, 0.717) is 12.8 Å². The second-order valence-electron chi connectivity index (χ2n) is 3.26. The standard InChI is InChI=1S/C10H14ClNO2S/c1-7(8-4-5-9(11)15-8)12-10(14)3-2-6-13/h4-5,7,13H,2-3,6H2,1H3,(H,12,14). The van der Waals surface area contributed by atoms with Crippen molar-refractivity contribution in [2.75, 3.05) is 6.61 Å². The second kappa shape index (κ2) is 6.10. The number of aliphatic hydroxyl groups excluding tert-OH is 1.